The third kappa shape index (κ3) is 4.75. The fraction of sp³-hybridized carbons (Fsp3) is 0.571. The fourth-order valence-electron chi connectivity index (χ4n) is 3.69. The number of benzene rings is 1. The molecule has 3 rings (SSSR count). The summed E-state index contributed by atoms with van der Waals surface area (Å²) in [5.41, 5.74) is 0.549. The Morgan fingerprint density at radius 3 is 2.71 bits per heavy atom. The first-order chi connectivity index (χ1) is 13.5. The molecule has 7 heteroatoms. The molecule has 2 unspecified atom stereocenters. The summed E-state index contributed by atoms with van der Waals surface area (Å²) in [7, 11) is 1.61. The summed E-state index contributed by atoms with van der Waals surface area (Å²) in [5.74, 6) is 0.00486. The molecule has 1 N–H and O–H groups in total. The van der Waals surface area contributed by atoms with Crippen molar-refractivity contribution in [1.82, 2.24) is 14.9 Å². The van der Waals surface area contributed by atoms with Crippen LogP contribution in [0.5, 0.6) is 0 Å². The SMILES string of the molecule is COCC(C)n1c(SC(C)C(=O)NC2CCCCC2)nc2ccccc2c1=O. The van der Waals surface area contributed by atoms with Gasteiger partial charge in [-0.25, -0.2) is 4.98 Å². The molecular weight excluding hydrogens is 374 g/mol. The zero-order valence-electron chi connectivity index (χ0n) is 16.8. The minimum absolute atomic E-state index is 0.00486. The van der Waals surface area contributed by atoms with E-state index in [0.717, 1.165) is 12.8 Å². The molecule has 1 amide bonds. The van der Waals surface area contributed by atoms with Crippen LogP contribution in [0.25, 0.3) is 10.9 Å². The van der Waals surface area contributed by atoms with Crippen molar-refractivity contribution in [3.63, 3.8) is 0 Å². The molecule has 1 aliphatic carbocycles. The number of hydrogen-bond acceptors (Lipinski definition) is 5. The lowest BCUT2D eigenvalue weighted by atomic mass is 9.95. The molecule has 152 valence electrons. The van der Waals surface area contributed by atoms with Gasteiger partial charge in [0.05, 0.1) is 28.8 Å². The summed E-state index contributed by atoms with van der Waals surface area (Å²) in [6.45, 7) is 4.20. The molecule has 2 aromatic rings. The van der Waals surface area contributed by atoms with Gasteiger partial charge in [-0.2, -0.15) is 0 Å². The summed E-state index contributed by atoms with van der Waals surface area (Å²) >= 11 is 1.33. The molecule has 1 aromatic carbocycles. The number of nitrogens with zero attached hydrogens (tertiary/aromatic N) is 2. The molecule has 2 atom stereocenters. The van der Waals surface area contributed by atoms with E-state index in [1.54, 1.807) is 17.7 Å². The summed E-state index contributed by atoms with van der Waals surface area (Å²) in [5, 5.41) is 3.96. The van der Waals surface area contributed by atoms with Gasteiger partial charge in [-0.3, -0.25) is 14.2 Å². The maximum absolute atomic E-state index is 13.1. The van der Waals surface area contributed by atoms with Crippen molar-refractivity contribution < 1.29 is 9.53 Å². The average Bonchev–Trinajstić information content (AvgIpc) is 2.69. The first-order valence-electron chi connectivity index (χ1n) is 9.98. The fourth-order valence-corrected chi connectivity index (χ4v) is 4.71. The van der Waals surface area contributed by atoms with Gasteiger partial charge in [-0.1, -0.05) is 43.2 Å². The Morgan fingerprint density at radius 2 is 2.00 bits per heavy atom. The highest BCUT2D eigenvalue weighted by Crippen LogP contribution is 2.26. The lowest BCUT2D eigenvalue weighted by Gasteiger charge is -2.25. The van der Waals surface area contributed by atoms with Gasteiger partial charge in [0.2, 0.25) is 5.91 Å². The van der Waals surface area contributed by atoms with Gasteiger partial charge in [-0.15, -0.1) is 0 Å². The number of rotatable bonds is 7. The van der Waals surface area contributed by atoms with E-state index in [4.69, 9.17) is 9.72 Å². The van der Waals surface area contributed by atoms with E-state index in [0.29, 0.717) is 22.7 Å². The van der Waals surface area contributed by atoms with E-state index >= 15 is 0 Å². The number of aromatic nitrogens is 2. The van der Waals surface area contributed by atoms with Crippen LogP contribution >= 0.6 is 11.8 Å². The lowest BCUT2D eigenvalue weighted by Crippen LogP contribution is -2.40. The van der Waals surface area contributed by atoms with Crippen molar-refractivity contribution in [2.75, 3.05) is 13.7 Å². The standard InChI is InChI=1S/C21H29N3O3S/c1-14(13-27-3)24-20(26)17-11-7-8-12-18(17)23-21(24)28-15(2)19(25)22-16-9-5-4-6-10-16/h7-8,11-12,14-16H,4-6,9-10,13H2,1-3H3,(H,22,25). The second-order valence-corrected chi connectivity index (χ2v) is 8.80. The number of ether oxygens (including phenoxy) is 1. The molecule has 0 aliphatic heterocycles. The van der Waals surface area contributed by atoms with Gasteiger partial charge in [0.25, 0.3) is 5.56 Å². The second-order valence-electron chi connectivity index (χ2n) is 7.49. The number of hydrogen-bond donors (Lipinski definition) is 1. The molecule has 1 aliphatic rings. The summed E-state index contributed by atoms with van der Waals surface area (Å²) in [6, 6.07) is 7.41. The van der Waals surface area contributed by atoms with Crippen LogP contribution in [0.1, 0.15) is 52.0 Å². The van der Waals surface area contributed by atoms with Crippen LogP contribution in [-0.2, 0) is 9.53 Å². The van der Waals surface area contributed by atoms with Crippen LogP contribution in [-0.4, -0.2) is 40.5 Å². The highest BCUT2D eigenvalue weighted by Gasteiger charge is 2.24. The zero-order valence-corrected chi connectivity index (χ0v) is 17.6. The van der Waals surface area contributed by atoms with E-state index in [9.17, 15) is 9.59 Å². The Morgan fingerprint density at radius 1 is 1.29 bits per heavy atom. The number of carbonyl (C=O) groups excluding carboxylic acids is 1. The summed E-state index contributed by atoms with van der Waals surface area (Å²) < 4.78 is 6.91. The predicted molar refractivity (Wildman–Crippen MR) is 113 cm³/mol. The Kier molecular flexibility index (Phi) is 7.13. The van der Waals surface area contributed by atoms with Crippen LogP contribution in [0.2, 0.25) is 0 Å². The number of amides is 1. The number of carbonyl (C=O) groups is 1. The van der Waals surface area contributed by atoms with E-state index in [2.05, 4.69) is 5.32 Å². The number of thioether (sulfide) groups is 1. The van der Waals surface area contributed by atoms with Gasteiger partial charge >= 0.3 is 0 Å². The maximum Gasteiger partial charge on any atom is 0.262 e. The molecule has 0 bridgehead atoms. The molecular formula is C21H29N3O3S. The van der Waals surface area contributed by atoms with E-state index in [1.807, 2.05) is 32.0 Å². The number of nitrogens with one attached hydrogen (secondary N) is 1. The van der Waals surface area contributed by atoms with Gasteiger partial charge in [0.15, 0.2) is 5.16 Å². The maximum atomic E-state index is 13.1. The third-order valence-electron chi connectivity index (χ3n) is 5.23. The van der Waals surface area contributed by atoms with Crippen molar-refractivity contribution >= 4 is 28.6 Å². The second kappa shape index (κ2) is 9.56. The molecule has 0 saturated heterocycles. The monoisotopic (exact) mass is 403 g/mol. The Balaban J connectivity index is 1.86. The normalized spacial score (nSPS) is 17.4. The molecule has 1 aromatic heterocycles. The topological polar surface area (TPSA) is 73.2 Å². The molecule has 1 fully saturated rings. The molecule has 6 nitrogen and oxygen atoms in total. The van der Waals surface area contributed by atoms with Crippen LogP contribution in [0.15, 0.2) is 34.2 Å². The van der Waals surface area contributed by atoms with Crippen LogP contribution in [0, 0.1) is 0 Å². The Hall–Kier alpha value is -1.86. The van der Waals surface area contributed by atoms with E-state index in [1.165, 1.54) is 31.0 Å². The van der Waals surface area contributed by atoms with Gasteiger partial charge < -0.3 is 10.1 Å². The van der Waals surface area contributed by atoms with Crippen LogP contribution < -0.4 is 10.9 Å². The first-order valence-corrected chi connectivity index (χ1v) is 10.9. The Bertz CT molecular complexity index is 877. The first kappa shape index (κ1) is 20.9. The number of para-hydroxylation sites is 1. The van der Waals surface area contributed by atoms with Crippen molar-refractivity contribution in [2.45, 2.75) is 68.4 Å². The predicted octanol–water partition coefficient (Wildman–Crippen LogP) is 3.53. The van der Waals surface area contributed by atoms with Crippen LogP contribution in [0.4, 0.5) is 0 Å². The highest BCUT2D eigenvalue weighted by atomic mass is 32.2. The quantitative estimate of drug-likeness (QED) is 0.565. The smallest absolute Gasteiger partial charge is 0.262 e. The van der Waals surface area contributed by atoms with Crippen molar-refractivity contribution in [2.24, 2.45) is 0 Å². The zero-order chi connectivity index (χ0) is 20.1. The van der Waals surface area contributed by atoms with Gasteiger partial charge in [-0.05, 0) is 38.8 Å². The van der Waals surface area contributed by atoms with Crippen molar-refractivity contribution in [3.05, 3.63) is 34.6 Å². The summed E-state index contributed by atoms with van der Waals surface area (Å²) in [6.07, 6.45) is 5.70. The van der Waals surface area contributed by atoms with Crippen LogP contribution in [0.3, 0.4) is 0 Å². The Labute approximate surface area is 170 Å². The minimum Gasteiger partial charge on any atom is -0.383 e. The molecule has 0 radical (unpaired) electrons. The van der Waals surface area contributed by atoms with E-state index < -0.39 is 0 Å². The van der Waals surface area contributed by atoms with Gasteiger partial charge in [0, 0.05) is 13.2 Å². The molecule has 28 heavy (non-hydrogen) atoms. The minimum atomic E-state index is -0.337. The third-order valence-corrected chi connectivity index (χ3v) is 6.29. The lowest BCUT2D eigenvalue weighted by molar-refractivity contribution is -0.121. The number of methoxy groups -OCH3 is 1. The van der Waals surface area contributed by atoms with E-state index in [-0.39, 0.29) is 28.8 Å². The number of fused-ring (bicyclic) bond motifs is 1. The average molecular weight is 404 g/mol. The molecule has 1 heterocycles. The van der Waals surface area contributed by atoms with Gasteiger partial charge in [0.1, 0.15) is 0 Å². The summed E-state index contributed by atoms with van der Waals surface area (Å²) in [4.78, 5) is 30.5. The largest absolute Gasteiger partial charge is 0.383 e. The van der Waals surface area contributed by atoms with Crippen molar-refractivity contribution in [1.29, 1.82) is 0 Å². The highest BCUT2D eigenvalue weighted by molar-refractivity contribution is 8.00. The molecule has 1 saturated carbocycles. The van der Waals surface area contributed by atoms with Crippen molar-refractivity contribution in [3.8, 4) is 0 Å². The molecule has 0 spiro atoms.